The van der Waals surface area contributed by atoms with Crippen molar-refractivity contribution in [2.75, 3.05) is 13.2 Å². The van der Waals surface area contributed by atoms with Crippen LogP contribution in [0, 0.1) is 23.7 Å². The van der Waals surface area contributed by atoms with Crippen molar-refractivity contribution in [3.63, 3.8) is 0 Å². The highest BCUT2D eigenvalue weighted by atomic mass is 16.6. The molecular weight excluding hydrogens is 496 g/mol. The number of fused-ring (bicyclic) bond motifs is 5. The summed E-state index contributed by atoms with van der Waals surface area (Å²) >= 11 is 0. The van der Waals surface area contributed by atoms with Gasteiger partial charge in [-0.05, 0) is 68.8 Å². The molecule has 4 aliphatic rings. The first-order valence-electron chi connectivity index (χ1n) is 13.4. The van der Waals surface area contributed by atoms with Crippen LogP contribution in [0.25, 0.3) is 6.08 Å². The topological polar surface area (TPSA) is 102 Å². The molecular formula is C32H42O7. The fourth-order valence-electron chi connectivity index (χ4n) is 5.42. The molecule has 4 fully saturated rings. The lowest BCUT2D eigenvalue weighted by molar-refractivity contribution is -0.148. The third-order valence-corrected chi connectivity index (χ3v) is 7.34. The number of aliphatic carboxylic acids is 1. The van der Waals surface area contributed by atoms with Crippen molar-refractivity contribution >= 4 is 24.0 Å². The Morgan fingerprint density at radius 3 is 2.05 bits per heavy atom. The van der Waals surface area contributed by atoms with Crippen LogP contribution in [0.4, 0.5) is 0 Å². The zero-order chi connectivity index (χ0) is 28.9. The van der Waals surface area contributed by atoms with E-state index in [4.69, 9.17) is 19.3 Å². The van der Waals surface area contributed by atoms with Gasteiger partial charge >= 0.3 is 17.9 Å². The van der Waals surface area contributed by atoms with E-state index < -0.39 is 5.97 Å². The van der Waals surface area contributed by atoms with Gasteiger partial charge in [-0.3, -0.25) is 0 Å². The van der Waals surface area contributed by atoms with E-state index in [0.29, 0.717) is 30.3 Å². The molecule has 1 aliphatic heterocycles. The number of esters is 2. The minimum Gasteiger partial charge on any atom is -0.478 e. The molecule has 1 heterocycles. The van der Waals surface area contributed by atoms with E-state index in [2.05, 4.69) is 26.3 Å². The Kier molecular flexibility index (Phi) is 12.9. The van der Waals surface area contributed by atoms with E-state index in [-0.39, 0.29) is 24.1 Å². The van der Waals surface area contributed by atoms with Gasteiger partial charge in [0, 0.05) is 17.2 Å². The second-order valence-electron chi connectivity index (χ2n) is 10.4. The summed E-state index contributed by atoms with van der Waals surface area (Å²) in [5.74, 6) is 1.83. The van der Waals surface area contributed by atoms with Crippen LogP contribution in [0.1, 0.15) is 51.5 Å². The maximum atomic E-state index is 11.5. The number of hydrogen-bond donors (Lipinski definition) is 1. The number of carboxylic acids is 1. The van der Waals surface area contributed by atoms with Crippen molar-refractivity contribution in [3.8, 4) is 0 Å². The molecule has 2 bridgehead atoms. The van der Waals surface area contributed by atoms with E-state index in [1.807, 2.05) is 36.4 Å². The first-order valence-corrected chi connectivity index (χ1v) is 13.4. The molecule has 39 heavy (non-hydrogen) atoms. The van der Waals surface area contributed by atoms with E-state index in [1.165, 1.54) is 31.2 Å². The van der Waals surface area contributed by atoms with Crippen LogP contribution in [-0.4, -0.2) is 48.4 Å². The minimum absolute atomic E-state index is 0.142. The van der Waals surface area contributed by atoms with E-state index in [9.17, 15) is 14.4 Å². The molecule has 3 saturated carbocycles. The molecule has 1 N–H and O–H groups in total. The van der Waals surface area contributed by atoms with Crippen LogP contribution in [-0.2, 0) is 28.6 Å². The van der Waals surface area contributed by atoms with Crippen LogP contribution in [0.15, 0.2) is 73.9 Å². The fraction of sp³-hybridized carbons (Fsp3) is 0.469. The Balaban J connectivity index is 0.000000200. The number of carboxylic acid groups (broad SMARTS) is 1. The van der Waals surface area contributed by atoms with Gasteiger partial charge in [0.25, 0.3) is 0 Å². The van der Waals surface area contributed by atoms with Crippen molar-refractivity contribution in [1.29, 1.82) is 0 Å². The number of rotatable bonds is 7. The average molecular weight is 539 g/mol. The molecule has 0 amide bonds. The monoisotopic (exact) mass is 538 g/mol. The predicted octanol–water partition coefficient (Wildman–Crippen LogP) is 6.02. The molecule has 0 spiro atoms. The van der Waals surface area contributed by atoms with Crippen LogP contribution in [0.3, 0.4) is 0 Å². The van der Waals surface area contributed by atoms with Gasteiger partial charge in [-0.1, -0.05) is 69.1 Å². The Morgan fingerprint density at radius 2 is 1.56 bits per heavy atom. The van der Waals surface area contributed by atoms with E-state index in [1.54, 1.807) is 13.8 Å². The van der Waals surface area contributed by atoms with Gasteiger partial charge in [-0.2, -0.15) is 0 Å². The van der Waals surface area contributed by atoms with Gasteiger partial charge < -0.3 is 19.3 Å². The smallest absolute Gasteiger partial charge is 0.333 e. The van der Waals surface area contributed by atoms with E-state index >= 15 is 0 Å². The fourth-order valence-corrected chi connectivity index (χ4v) is 5.42. The number of ether oxygens (including phenoxy) is 3. The zero-order valence-corrected chi connectivity index (χ0v) is 23.2. The highest BCUT2D eigenvalue weighted by molar-refractivity contribution is 5.87. The Hall–Kier alpha value is -3.45. The summed E-state index contributed by atoms with van der Waals surface area (Å²) in [7, 11) is 0. The number of benzene rings is 1. The van der Waals surface area contributed by atoms with Gasteiger partial charge in [0.2, 0.25) is 0 Å². The average Bonchev–Trinajstić information content (AvgIpc) is 3.31. The zero-order valence-electron chi connectivity index (χ0n) is 23.2. The maximum Gasteiger partial charge on any atom is 0.333 e. The molecule has 6 unspecified atom stereocenters. The Labute approximate surface area is 232 Å². The third-order valence-electron chi connectivity index (χ3n) is 7.34. The summed E-state index contributed by atoms with van der Waals surface area (Å²) in [4.78, 5) is 31.5. The number of epoxide rings is 1. The highest BCUT2D eigenvalue weighted by Gasteiger charge is 2.55. The molecule has 212 valence electrons. The van der Waals surface area contributed by atoms with Gasteiger partial charge in [0.15, 0.2) is 0 Å². The first-order chi connectivity index (χ1) is 18.6. The van der Waals surface area contributed by atoms with Crippen molar-refractivity contribution in [2.45, 2.75) is 58.2 Å². The molecule has 1 saturated heterocycles. The lowest BCUT2D eigenvalue weighted by atomic mass is 9.80. The van der Waals surface area contributed by atoms with E-state index in [0.717, 1.165) is 30.3 Å². The molecule has 0 radical (unpaired) electrons. The SMILES string of the molecule is C=C(C)C(=O)OC1CC2CC1C1CCCC21.C=C(C)C(=O)OCC1CO1.C=CC(=O)O.C=Cc1ccccc1. The molecule has 0 aromatic heterocycles. The normalized spacial score (nSPS) is 26.4. The Bertz CT molecular complexity index is 1020. The second kappa shape index (κ2) is 15.8. The molecule has 3 aliphatic carbocycles. The summed E-state index contributed by atoms with van der Waals surface area (Å²) in [6.45, 7) is 18.1. The molecule has 5 rings (SSSR count). The van der Waals surface area contributed by atoms with Gasteiger partial charge in [0.1, 0.15) is 18.8 Å². The number of carbonyl (C=O) groups is 3. The lowest BCUT2D eigenvalue weighted by Gasteiger charge is -2.31. The van der Waals surface area contributed by atoms with Crippen LogP contribution < -0.4 is 0 Å². The summed E-state index contributed by atoms with van der Waals surface area (Å²) < 4.78 is 15.2. The van der Waals surface area contributed by atoms with Gasteiger partial charge in [-0.25, -0.2) is 14.4 Å². The maximum absolute atomic E-state index is 11.5. The highest BCUT2D eigenvalue weighted by Crippen LogP contribution is 2.59. The molecule has 1 aromatic rings. The van der Waals surface area contributed by atoms with Crippen molar-refractivity contribution in [3.05, 3.63) is 79.4 Å². The lowest BCUT2D eigenvalue weighted by Crippen LogP contribution is -2.32. The largest absolute Gasteiger partial charge is 0.478 e. The molecule has 7 heteroatoms. The third kappa shape index (κ3) is 10.7. The van der Waals surface area contributed by atoms with Crippen molar-refractivity contribution in [1.82, 2.24) is 0 Å². The Morgan fingerprint density at radius 1 is 0.974 bits per heavy atom. The van der Waals surface area contributed by atoms with Gasteiger partial charge in [-0.15, -0.1) is 0 Å². The summed E-state index contributed by atoms with van der Waals surface area (Å²) in [5, 5.41) is 7.60. The number of carbonyl (C=O) groups excluding carboxylic acids is 2. The summed E-state index contributed by atoms with van der Waals surface area (Å²) in [6, 6.07) is 10.0. The first kappa shape index (κ1) is 31.8. The van der Waals surface area contributed by atoms with Crippen LogP contribution in [0.2, 0.25) is 0 Å². The minimum atomic E-state index is -0.981. The van der Waals surface area contributed by atoms with Crippen molar-refractivity contribution in [2.24, 2.45) is 23.7 Å². The molecule has 1 aromatic carbocycles. The summed E-state index contributed by atoms with van der Waals surface area (Å²) in [6.07, 6.45) is 9.62. The second-order valence-corrected chi connectivity index (χ2v) is 10.4. The standard InChI is InChI=1S/C14H20O2.C8H8.C7H10O3.C3H4O2/c1-8(2)14(15)16-13-7-9-6-12(13)11-5-3-4-10(9)11;1-2-8-6-4-3-5-7-8;1-5(2)7(8)10-4-6-3-9-6;1-2-3(4)5/h9-13H,1,3-7H2,2H3;2-7H,1H2;6H,1,3-4H2,2H3;2H,1H2,(H,4,5). The predicted molar refractivity (Wildman–Crippen MR) is 152 cm³/mol. The summed E-state index contributed by atoms with van der Waals surface area (Å²) in [5.41, 5.74) is 2.14. The van der Waals surface area contributed by atoms with Gasteiger partial charge in [0.05, 0.1) is 6.61 Å². The molecule has 7 nitrogen and oxygen atoms in total. The number of hydrogen-bond acceptors (Lipinski definition) is 6. The molecule has 6 atom stereocenters. The van der Waals surface area contributed by atoms with Crippen LogP contribution in [0.5, 0.6) is 0 Å². The van der Waals surface area contributed by atoms with Crippen LogP contribution >= 0.6 is 0 Å². The van der Waals surface area contributed by atoms with Crippen molar-refractivity contribution < 1.29 is 33.7 Å². The quantitative estimate of drug-likeness (QED) is 0.257.